The van der Waals surface area contributed by atoms with Gasteiger partial charge >= 0.3 is 0 Å². The first-order valence-electron chi connectivity index (χ1n) is 7.71. The van der Waals surface area contributed by atoms with Crippen molar-refractivity contribution in [3.8, 4) is 5.75 Å². The largest absolute Gasteiger partial charge is 0.489 e. The number of ether oxygens (including phenoxy) is 1. The lowest BCUT2D eigenvalue weighted by molar-refractivity contribution is 0.306. The Morgan fingerprint density at radius 2 is 1.52 bits per heavy atom. The van der Waals surface area contributed by atoms with Gasteiger partial charge in [0.1, 0.15) is 12.4 Å². The van der Waals surface area contributed by atoms with Crippen molar-refractivity contribution in [1.82, 2.24) is 0 Å². The summed E-state index contributed by atoms with van der Waals surface area (Å²) < 4.78 is 27.4. The van der Waals surface area contributed by atoms with Crippen LogP contribution in [0.15, 0.2) is 54.6 Å². The predicted molar refractivity (Wildman–Crippen MR) is 94.4 cm³/mol. The molecule has 3 nitrogen and oxygen atoms in total. The molecule has 0 N–H and O–H groups in total. The van der Waals surface area contributed by atoms with Gasteiger partial charge in [-0.25, -0.2) is 8.42 Å². The van der Waals surface area contributed by atoms with E-state index in [-0.39, 0.29) is 5.75 Å². The second-order valence-corrected chi connectivity index (χ2v) is 8.37. The highest BCUT2D eigenvalue weighted by molar-refractivity contribution is 8.13. The van der Waals surface area contributed by atoms with Gasteiger partial charge in [0.15, 0.2) is 0 Å². The molecule has 124 valence electrons. The highest BCUT2D eigenvalue weighted by atomic mass is 35.7. The molecule has 0 aromatic heterocycles. The molecule has 0 saturated carbocycles. The molecule has 0 bridgehead atoms. The third-order valence-corrected chi connectivity index (χ3v) is 4.76. The third kappa shape index (κ3) is 7.53. The standard InChI is InChI=1S/C18H21ClO3S/c19-23(20,21)14-6-2-5-7-16-10-12-18(13-11-16)22-15-17-8-3-1-4-9-17/h1,3-4,8-13H,2,5-7,14-15H2. The minimum Gasteiger partial charge on any atom is -0.489 e. The number of hydrogen-bond acceptors (Lipinski definition) is 3. The fraction of sp³-hybridized carbons (Fsp3) is 0.333. The van der Waals surface area contributed by atoms with Crippen molar-refractivity contribution in [3.05, 3.63) is 65.7 Å². The van der Waals surface area contributed by atoms with E-state index in [0.717, 1.165) is 30.6 Å². The molecule has 2 aromatic carbocycles. The zero-order valence-corrected chi connectivity index (χ0v) is 14.5. The van der Waals surface area contributed by atoms with Crippen LogP contribution in [0.3, 0.4) is 0 Å². The van der Waals surface area contributed by atoms with E-state index in [2.05, 4.69) is 12.1 Å². The molecule has 0 amide bonds. The topological polar surface area (TPSA) is 43.4 Å². The van der Waals surface area contributed by atoms with Gasteiger partial charge in [0.25, 0.3) is 0 Å². The van der Waals surface area contributed by atoms with E-state index in [1.54, 1.807) is 0 Å². The van der Waals surface area contributed by atoms with Crippen molar-refractivity contribution in [2.24, 2.45) is 0 Å². The lowest BCUT2D eigenvalue weighted by Gasteiger charge is -2.07. The van der Waals surface area contributed by atoms with Crippen LogP contribution < -0.4 is 4.74 Å². The van der Waals surface area contributed by atoms with Gasteiger partial charge in [-0.2, -0.15) is 0 Å². The quantitative estimate of drug-likeness (QED) is 0.491. The SMILES string of the molecule is O=S(=O)(Cl)CCCCCc1ccc(OCc2ccccc2)cc1. The van der Waals surface area contributed by atoms with Gasteiger partial charge in [-0.3, -0.25) is 0 Å². The summed E-state index contributed by atoms with van der Waals surface area (Å²) >= 11 is 0. The van der Waals surface area contributed by atoms with Gasteiger partial charge in [0, 0.05) is 10.7 Å². The molecule has 0 spiro atoms. The van der Waals surface area contributed by atoms with Crippen molar-refractivity contribution in [2.45, 2.75) is 32.3 Å². The first-order chi connectivity index (χ1) is 11.0. The number of hydrogen-bond donors (Lipinski definition) is 0. The Labute approximate surface area is 142 Å². The lowest BCUT2D eigenvalue weighted by Crippen LogP contribution is -1.97. The van der Waals surface area contributed by atoms with Crippen molar-refractivity contribution in [3.63, 3.8) is 0 Å². The second-order valence-electron chi connectivity index (χ2n) is 5.47. The predicted octanol–water partition coefficient (Wildman–Crippen LogP) is 4.55. The van der Waals surface area contributed by atoms with Gasteiger partial charge < -0.3 is 4.74 Å². The number of halogens is 1. The molecule has 5 heteroatoms. The summed E-state index contributed by atoms with van der Waals surface area (Å²) in [6.45, 7) is 0.563. The van der Waals surface area contributed by atoms with Gasteiger partial charge in [-0.15, -0.1) is 0 Å². The molecule has 0 unspecified atom stereocenters. The van der Waals surface area contributed by atoms with Crippen LogP contribution in [0.1, 0.15) is 30.4 Å². The van der Waals surface area contributed by atoms with E-state index >= 15 is 0 Å². The molecule has 0 heterocycles. The highest BCUT2D eigenvalue weighted by Crippen LogP contribution is 2.16. The minimum atomic E-state index is -3.35. The summed E-state index contributed by atoms with van der Waals surface area (Å²) in [5.74, 6) is 0.909. The average Bonchev–Trinajstić information content (AvgIpc) is 2.54. The van der Waals surface area contributed by atoms with E-state index in [4.69, 9.17) is 15.4 Å². The summed E-state index contributed by atoms with van der Waals surface area (Å²) in [4.78, 5) is 0. The van der Waals surface area contributed by atoms with Crippen molar-refractivity contribution >= 4 is 19.7 Å². The smallest absolute Gasteiger partial charge is 0.232 e. The summed E-state index contributed by atoms with van der Waals surface area (Å²) in [5.41, 5.74) is 2.37. The Kier molecular flexibility index (Phi) is 6.93. The summed E-state index contributed by atoms with van der Waals surface area (Å²) in [7, 11) is 1.83. The number of aryl methyl sites for hydroxylation is 1. The highest BCUT2D eigenvalue weighted by Gasteiger charge is 2.04. The number of rotatable bonds is 9. The lowest BCUT2D eigenvalue weighted by atomic mass is 10.1. The van der Waals surface area contributed by atoms with E-state index < -0.39 is 9.05 Å². The normalized spacial score (nSPS) is 11.3. The number of benzene rings is 2. The Morgan fingerprint density at radius 1 is 0.826 bits per heavy atom. The van der Waals surface area contributed by atoms with Crippen LogP contribution in [-0.2, 0) is 22.1 Å². The number of unbranched alkanes of at least 4 members (excludes halogenated alkanes) is 2. The zero-order valence-electron chi connectivity index (χ0n) is 12.9. The van der Waals surface area contributed by atoms with E-state index in [1.807, 2.05) is 42.5 Å². The molecule has 0 aliphatic carbocycles. The molecule has 0 saturated heterocycles. The van der Waals surface area contributed by atoms with E-state index in [0.29, 0.717) is 13.0 Å². The Balaban J connectivity index is 1.70. The molecular formula is C18H21ClO3S. The van der Waals surface area contributed by atoms with Gasteiger partial charge in [0.05, 0.1) is 5.75 Å². The third-order valence-electron chi connectivity index (χ3n) is 3.53. The molecular weight excluding hydrogens is 332 g/mol. The maximum absolute atomic E-state index is 10.8. The first-order valence-corrected chi connectivity index (χ1v) is 10.2. The summed E-state index contributed by atoms with van der Waals surface area (Å²) in [5, 5.41) is 0. The average molecular weight is 353 g/mol. The van der Waals surface area contributed by atoms with Crippen LogP contribution in [0.4, 0.5) is 0 Å². The van der Waals surface area contributed by atoms with Crippen LogP contribution in [0.25, 0.3) is 0 Å². The van der Waals surface area contributed by atoms with Crippen LogP contribution in [-0.4, -0.2) is 14.2 Å². The molecule has 0 fully saturated rings. The maximum Gasteiger partial charge on any atom is 0.232 e. The molecule has 0 aliphatic rings. The fourth-order valence-electron chi connectivity index (χ4n) is 2.27. The Morgan fingerprint density at radius 3 is 2.17 bits per heavy atom. The van der Waals surface area contributed by atoms with Crippen molar-refractivity contribution < 1.29 is 13.2 Å². The Hall–Kier alpha value is -1.52. The first kappa shape index (κ1) is 17.8. The zero-order chi connectivity index (χ0) is 16.5. The van der Waals surface area contributed by atoms with Gasteiger partial charge in [0.2, 0.25) is 9.05 Å². The van der Waals surface area contributed by atoms with Gasteiger partial charge in [-0.1, -0.05) is 48.9 Å². The van der Waals surface area contributed by atoms with E-state index in [9.17, 15) is 8.42 Å². The van der Waals surface area contributed by atoms with Crippen LogP contribution in [0, 0.1) is 0 Å². The van der Waals surface area contributed by atoms with Crippen molar-refractivity contribution in [1.29, 1.82) is 0 Å². The molecule has 2 rings (SSSR count). The fourth-order valence-corrected chi connectivity index (χ4v) is 3.15. The molecule has 0 aliphatic heterocycles. The molecule has 0 radical (unpaired) electrons. The van der Waals surface area contributed by atoms with Crippen LogP contribution in [0.5, 0.6) is 5.75 Å². The second kappa shape index (κ2) is 8.94. The molecule has 2 aromatic rings. The van der Waals surface area contributed by atoms with Crippen LogP contribution in [0.2, 0.25) is 0 Å². The summed E-state index contributed by atoms with van der Waals surface area (Å²) in [6.07, 6.45) is 3.36. The van der Waals surface area contributed by atoms with Crippen molar-refractivity contribution in [2.75, 3.05) is 5.75 Å². The minimum absolute atomic E-state index is 0.0564. The maximum atomic E-state index is 10.8. The summed E-state index contributed by atoms with van der Waals surface area (Å²) in [6, 6.07) is 18.1. The Bertz CT molecular complexity index is 682. The van der Waals surface area contributed by atoms with E-state index in [1.165, 1.54) is 5.56 Å². The molecule has 0 atom stereocenters. The molecule has 23 heavy (non-hydrogen) atoms. The van der Waals surface area contributed by atoms with Crippen LogP contribution >= 0.6 is 10.7 Å². The van der Waals surface area contributed by atoms with Gasteiger partial charge in [-0.05, 0) is 42.5 Å². The monoisotopic (exact) mass is 352 g/mol.